The Kier molecular flexibility index (Phi) is 3.95. The Morgan fingerprint density at radius 2 is 1.89 bits per heavy atom. The Hall–Kier alpha value is -1.87. The lowest BCUT2D eigenvalue weighted by atomic mass is 10.1. The van der Waals surface area contributed by atoms with E-state index in [2.05, 4.69) is 0 Å². The largest absolute Gasteiger partial charge is 0.489 e. The molecule has 2 aromatic rings. The molecular formula is C15H16FNO. The fourth-order valence-corrected chi connectivity index (χ4v) is 1.70. The van der Waals surface area contributed by atoms with Crippen molar-refractivity contribution in [1.82, 2.24) is 0 Å². The van der Waals surface area contributed by atoms with Gasteiger partial charge in [-0.3, -0.25) is 0 Å². The van der Waals surface area contributed by atoms with Crippen LogP contribution in [0.1, 0.15) is 24.1 Å². The number of nitrogens with two attached hydrogens (primary N) is 1. The van der Waals surface area contributed by atoms with Gasteiger partial charge in [0.15, 0.2) is 0 Å². The zero-order valence-electron chi connectivity index (χ0n) is 10.3. The van der Waals surface area contributed by atoms with Crippen molar-refractivity contribution in [3.63, 3.8) is 0 Å². The number of ether oxygens (including phenoxy) is 1. The molecule has 1 atom stereocenters. The summed E-state index contributed by atoms with van der Waals surface area (Å²) in [4.78, 5) is 0. The molecule has 0 amide bonds. The van der Waals surface area contributed by atoms with Crippen LogP contribution in [0.25, 0.3) is 0 Å². The maximum Gasteiger partial charge on any atom is 0.128 e. The van der Waals surface area contributed by atoms with E-state index in [0.717, 1.165) is 5.56 Å². The summed E-state index contributed by atoms with van der Waals surface area (Å²) in [7, 11) is 0. The van der Waals surface area contributed by atoms with E-state index < -0.39 is 0 Å². The van der Waals surface area contributed by atoms with Crippen molar-refractivity contribution in [3.8, 4) is 5.75 Å². The molecule has 0 spiro atoms. The van der Waals surface area contributed by atoms with Crippen LogP contribution in [0, 0.1) is 5.82 Å². The van der Waals surface area contributed by atoms with Gasteiger partial charge in [-0.05, 0) is 30.7 Å². The summed E-state index contributed by atoms with van der Waals surface area (Å²) in [6, 6.07) is 14.1. The molecule has 0 heterocycles. The average Bonchev–Trinajstić information content (AvgIpc) is 2.38. The molecule has 0 saturated heterocycles. The van der Waals surface area contributed by atoms with Crippen LogP contribution in [0.2, 0.25) is 0 Å². The molecule has 94 valence electrons. The fourth-order valence-electron chi connectivity index (χ4n) is 1.70. The third-order valence-electron chi connectivity index (χ3n) is 2.71. The summed E-state index contributed by atoms with van der Waals surface area (Å²) in [6.07, 6.45) is 0. The maximum atomic E-state index is 13.4. The highest BCUT2D eigenvalue weighted by Crippen LogP contribution is 2.22. The van der Waals surface area contributed by atoms with Gasteiger partial charge in [-0.2, -0.15) is 0 Å². The van der Waals surface area contributed by atoms with Crippen molar-refractivity contribution in [1.29, 1.82) is 0 Å². The van der Waals surface area contributed by atoms with E-state index in [-0.39, 0.29) is 11.9 Å². The van der Waals surface area contributed by atoms with Gasteiger partial charge in [0.2, 0.25) is 0 Å². The van der Waals surface area contributed by atoms with Gasteiger partial charge in [-0.25, -0.2) is 4.39 Å². The molecule has 0 aliphatic rings. The number of hydrogen-bond acceptors (Lipinski definition) is 2. The first kappa shape index (κ1) is 12.6. The lowest BCUT2D eigenvalue weighted by molar-refractivity contribution is 0.305. The molecule has 0 radical (unpaired) electrons. The van der Waals surface area contributed by atoms with Gasteiger partial charge in [0.25, 0.3) is 0 Å². The van der Waals surface area contributed by atoms with Crippen molar-refractivity contribution in [2.24, 2.45) is 5.73 Å². The van der Waals surface area contributed by atoms with Crippen molar-refractivity contribution in [2.45, 2.75) is 19.6 Å². The molecule has 0 bridgehead atoms. The third kappa shape index (κ3) is 3.08. The molecule has 2 rings (SSSR count). The van der Waals surface area contributed by atoms with Crippen molar-refractivity contribution >= 4 is 0 Å². The molecule has 2 aromatic carbocycles. The highest BCUT2D eigenvalue weighted by atomic mass is 19.1. The van der Waals surface area contributed by atoms with Crippen LogP contribution in [0.3, 0.4) is 0 Å². The van der Waals surface area contributed by atoms with Crippen LogP contribution >= 0.6 is 0 Å². The molecule has 2 N–H and O–H groups in total. The molecule has 0 aliphatic heterocycles. The Balaban J connectivity index is 2.08. The van der Waals surface area contributed by atoms with Crippen LogP contribution in [0.15, 0.2) is 48.5 Å². The second-order valence-electron chi connectivity index (χ2n) is 4.25. The van der Waals surface area contributed by atoms with Gasteiger partial charge in [0.1, 0.15) is 18.2 Å². The van der Waals surface area contributed by atoms with Crippen molar-refractivity contribution < 1.29 is 9.13 Å². The van der Waals surface area contributed by atoms with E-state index in [9.17, 15) is 4.39 Å². The molecule has 2 nitrogen and oxygen atoms in total. The molecule has 3 heteroatoms. The third-order valence-corrected chi connectivity index (χ3v) is 2.71. The zero-order chi connectivity index (χ0) is 13.0. The van der Waals surface area contributed by atoms with Crippen LogP contribution in [-0.2, 0) is 6.61 Å². The van der Waals surface area contributed by atoms with E-state index in [1.807, 2.05) is 30.3 Å². The Morgan fingerprint density at radius 1 is 1.17 bits per heavy atom. The first-order valence-corrected chi connectivity index (χ1v) is 5.88. The summed E-state index contributed by atoms with van der Waals surface area (Å²) < 4.78 is 19.1. The molecule has 0 saturated carbocycles. The quantitative estimate of drug-likeness (QED) is 0.895. The second kappa shape index (κ2) is 5.65. The standard InChI is InChI=1S/C15H16FNO/c1-11(17)14-9-13(7-8-15(14)16)18-10-12-5-3-2-4-6-12/h2-9,11H,10,17H2,1H3. The van der Waals surface area contributed by atoms with Gasteiger partial charge in [0.05, 0.1) is 0 Å². The molecule has 1 unspecified atom stereocenters. The number of halogens is 1. The highest BCUT2D eigenvalue weighted by molar-refractivity contribution is 5.31. The predicted molar refractivity (Wildman–Crippen MR) is 69.8 cm³/mol. The molecule has 0 fully saturated rings. The van der Waals surface area contributed by atoms with E-state index in [1.54, 1.807) is 19.1 Å². The topological polar surface area (TPSA) is 35.2 Å². The van der Waals surface area contributed by atoms with E-state index in [4.69, 9.17) is 10.5 Å². The van der Waals surface area contributed by atoms with E-state index in [0.29, 0.717) is 17.9 Å². The van der Waals surface area contributed by atoms with Gasteiger partial charge in [-0.15, -0.1) is 0 Å². The fraction of sp³-hybridized carbons (Fsp3) is 0.200. The first-order chi connectivity index (χ1) is 8.66. The minimum absolute atomic E-state index is 0.294. The minimum atomic E-state index is -0.342. The van der Waals surface area contributed by atoms with Crippen LogP contribution < -0.4 is 10.5 Å². The summed E-state index contributed by atoms with van der Waals surface area (Å²) >= 11 is 0. The molecule has 0 aromatic heterocycles. The number of hydrogen-bond donors (Lipinski definition) is 1. The summed E-state index contributed by atoms with van der Waals surface area (Å²) in [5.41, 5.74) is 7.24. The minimum Gasteiger partial charge on any atom is -0.489 e. The van der Waals surface area contributed by atoms with Crippen LogP contribution in [0.4, 0.5) is 4.39 Å². The van der Waals surface area contributed by atoms with Gasteiger partial charge in [-0.1, -0.05) is 30.3 Å². The smallest absolute Gasteiger partial charge is 0.128 e. The lowest BCUT2D eigenvalue weighted by Crippen LogP contribution is -2.07. The average molecular weight is 245 g/mol. The molecule has 0 aliphatic carbocycles. The highest BCUT2D eigenvalue weighted by Gasteiger charge is 2.08. The summed E-state index contributed by atoms with van der Waals surface area (Å²) in [5.74, 6) is 0.338. The Labute approximate surface area is 106 Å². The van der Waals surface area contributed by atoms with Gasteiger partial charge >= 0.3 is 0 Å². The Bertz CT molecular complexity index is 511. The SMILES string of the molecule is CC(N)c1cc(OCc2ccccc2)ccc1F. The predicted octanol–water partition coefficient (Wildman–Crippen LogP) is 3.42. The van der Waals surface area contributed by atoms with E-state index in [1.165, 1.54) is 6.07 Å². The number of rotatable bonds is 4. The summed E-state index contributed by atoms with van der Waals surface area (Å²) in [6.45, 7) is 2.21. The van der Waals surface area contributed by atoms with Gasteiger partial charge in [0, 0.05) is 11.6 Å². The second-order valence-corrected chi connectivity index (χ2v) is 4.25. The normalized spacial score (nSPS) is 12.2. The van der Waals surface area contributed by atoms with Crippen molar-refractivity contribution in [3.05, 3.63) is 65.5 Å². The summed E-state index contributed by atoms with van der Waals surface area (Å²) in [5, 5.41) is 0. The maximum absolute atomic E-state index is 13.4. The lowest BCUT2D eigenvalue weighted by Gasteiger charge is -2.11. The first-order valence-electron chi connectivity index (χ1n) is 5.88. The zero-order valence-corrected chi connectivity index (χ0v) is 10.3. The Morgan fingerprint density at radius 3 is 2.56 bits per heavy atom. The van der Waals surface area contributed by atoms with Crippen LogP contribution in [-0.4, -0.2) is 0 Å². The van der Waals surface area contributed by atoms with Crippen molar-refractivity contribution in [2.75, 3.05) is 0 Å². The van der Waals surface area contributed by atoms with E-state index >= 15 is 0 Å². The van der Waals surface area contributed by atoms with Crippen LogP contribution in [0.5, 0.6) is 5.75 Å². The monoisotopic (exact) mass is 245 g/mol. The van der Waals surface area contributed by atoms with Gasteiger partial charge < -0.3 is 10.5 Å². The molecular weight excluding hydrogens is 229 g/mol. The number of benzene rings is 2. The molecule has 18 heavy (non-hydrogen) atoms.